The third-order valence-corrected chi connectivity index (χ3v) is 3.96. The smallest absolute Gasteiger partial charge is 0.170 e. The van der Waals surface area contributed by atoms with Crippen molar-refractivity contribution >= 4 is 5.84 Å². The van der Waals surface area contributed by atoms with Crippen molar-refractivity contribution in [3.8, 4) is 0 Å². The molecule has 0 radical (unpaired) electrons. The van der Waals surface area contributed by atoms with Crippen molar-refractivity contribution in [1.82, 2.24) is 4.90 Å². The topological polar surface area (TPSA) is 82.1 Å². The van der Waals surface area contributed by atoms with Gasteiger partial charge < -0.3 is 16.0 Å². The molecule has 0 spiro atoms. The van der Waals surface area contributed by atoms with Gasteiger partial charge in [-0.15, -0.1) is 0 Å². The molecule has 0 aromatic heterocycles. The van der Waals surface area contributed by atoms with E-state index in [4.69, 9.17) is 10.9 Å². The van der Waals surface area contributed by atoms with Crippen LogP contribution < -0.4 is 5.73 Å². The molecule has 1 aromatic rings. The zero-order chi connectivity index (χ0) is 15.2. The summed E-state index contributed by atoms with van der Waals surface area (Å²) in [5, 5.41) is 21.1. The van der Waals surface area contributed by atoms with Crippen molar-refractivity contribution in [3.63, 3.8) is 0 Å². The Labute approximate surface area is 123 Å². The maximum atomic E-state index is 13.7. The molecule has 4 N–H and O–H groups in total. The summed E-state index contributed by atoms with van der Waals surface area (Å²) in [6.07, 6.45) is 4.31. The summed E-state index contributed by atoms with van der Waals surface area (Å²) in [5.74, 6) is -0.519. The van der Waals surface area contributed by atoms with Crippen LogP contribution in [-0.4, -0.2) is 40.2 Å². The molecule has 1 atom stereocenters. The van der Waals surface area contributed by atoms with Gasteiger partial charge in [0.25, 0.3) is 0 Å². The third kappa shape index (κ3) is 4.15. The molecule has 0 bridgehead atoms. The maximum Gasteiger partial charge on any atom is 0.170 e. The van der Waals surface area contributed by atoms with Gasteiger partial charge in [0, 0.05) is 18.2 Å². The van der Waals surface area contributed by atoms with Crippen LogP contribution in [0, 0.1) is 5.82 Å². The van der Waals surface area contributed by atoms with E-state index in [9.17, 15) is 9.50 Å². The third-order valence-electron chi connectivity index (χ3n) is 3.96. The molecule has 21 heavy (non-hydrogen) atoms. The number of hydrogen-bond acceptors (Lipinski definition) is 4. The summed E-state index contributed by atoms with van der Waals surface area (Å²) in [4.78, 5) is 2.18. The Morgan fingerprint density at radius 3 is 2.86 bits per heavy atom. The van der Waals surface area contributed by atoms with Gasteiger partial charge in [-0.25, -0.2) is 4.39 Å². The normalized spacial score (nSPS) is 21.2. The molecular formula is C15H22FN3O2. The van der Waals surface area contributed by atoms with Crippen LogP contribution >= 0.6 is 0 Å². The largest absolute Gasteiger partial charge is 0.409 e. The minimum Gasteiger partial charge on any atom is -0.409 e. The number of oxime groups is 1. The second-order valence-corrected chi connectivity index (χ2v) is 5.49. The van der Waals surface area contributed by atoms with Crippen LogP contribution in [0.4, 0.5) is 4.39 Å². The minimum atomic E-state index is -0.413. The quantitative estimate of drug-likeness (QED) is 0.341. The van der Waals surface area contributed by atoms with Gasteiger partial charge in [-0.3, -0.25) is 4.90 Å². The molecule has 0 saturated carbocycles. The molecule has 1 aliphatic rings. The average molecular weight is 295 g/mol. The van der Waals surface area contributed by atoms with Crippen molar-refractivity contribution in [2.24, 2.45) is 10.9 Å². The number of hydrogen-bond donors (Lipinski definition) is 3. The molecule has 1 aliphatic heterocycles. The maximum absolute atomic E-state index is 13.7. The van der Waals surface area contributed by atoms with E-state index in [-0.39, 0.29) is 18.5 Å². The SMILES string of the molecule is N/C(=N/O)c1cc(F)cc(CN2CCCCCC2CO)c1. The summed E-state index contributed by atoms with van der Waals surface area (Å²) in [7, 11) is 0. The zero-order valence-corrected chi connectivity index (χ0v) is 12.0. The minimum absolute atomic E-state index is 0.106. The second kappa shape index (κ2) is 7.38. The van der Waals surface area contributed by atoms with E-state index in [1.54, 1.807) is 6.07 Å². The molecule has 1 saturated heterocycles. The van der Waals surface area contributed by atoms with E-state index in [2.05, 4.69) is 10.1 Å². The highest BCUT2D eigenvalue weighted by Gasteiger charge is 2.20. The molecule has 2 rings (SSSR count). The van der Waals surface area contributed by atoms with E-state index in [0.29, 0.717) is 12.1 Å². The number of amidine groups is 1. The van der Waals surface area contributed by atoms with E-state index in [1.807, 2.05) is 0 Å². The van der Waals surface area contributed by atoms with Gasteiger partial charge in [0.15, 0.2) is 5.84 Å². The van der Waals surface area contributed by atoms with Crippen molar-refractivity contribution in [2.45, 2.75) is 38.3 Å². The molecule has 1 aromatic carbocycles. The lowest BCUT2D eigenvalue weighted by Gasteiger charge is -2.28. The molecule has 0 aliphatic carbocycles. The average Bonchev–Trinajstić information content (AvgIpc) is 2.70. The molecule has 1 heterocycles. The lowest BCUT2D eigenvalue weighted by atomic mass is 10.1. The molecule has 6 heteroatoms. The number of likely N-dealkylation sites (tertiary alicyclic amines) is 1. The first-order valence-corrected chi connectivity index (χ1v) is 7.26. The fraction of sp³-hybridized carbons (Fsp3) is 0.533. The first-order valence-electron chi connectivity index (χ1n) is 7.26. The first kappa shape index (κ1) is 15.7. The number of halogens is 1. The van der Waals surface area contributed by atoms with Crippen LogP contribution in [0.15, 0.2) is 23.4 Å². The summed E-state index contributed by atoms with van der Waals surface area (Å²) >= 11 is 0. The second-order valence-electron chi connectivity index (χ2n) is 5.49. The Bertz CT molecular complexity index is 508. The fourth-order valence-electron chi connectivity index (χ4n) is 2.83. The number of benzene rings is 1. The van der Waals surface area contributed by atoms with Gasteiger partial charge in [-0.2, -0.15) is 0 Å². The Morgan fingerprint density at radius 1 is 1.33 bits per heavy atom. The number of nitrogens with two attached hydrogens (primary N) is 1. The highest BCUT2D eigenvalue weighted by molar-refractivity contribution is 5.97. The summed E-state index contributed by atoms with van der Waals surface area (Å²) < 4.78 is 13.7. The van der Waals surface area contributed by atoms with E-state index >= 15 is 0 Å². The van der Waals surface area contributed by atoms with Crippen molar-refractivity contribution in [3.05, 3.63) is 35.1 Å². The van der Waals surface area contributed by atoms with Crippen molar-refractivity contribution in [2.75, 3.05) is 13.2 Å². The number of aliphatic hydroxyl groups excluding tert-OH is 1. The lowest BCUT2D eigenvalue weighted by molar-refractivity contribution is 0.118. The predicted octanol–water partition coefficient (Wildman–Crippen LogP) is 1.66. The Morgan fingerprint density at radius 2 is 2.14 bits per heavy atom. The molecule has 116 valence electrons. The monoisotopic (exact) mass is 295 g/mol. The Balaban J connectivity index is 2.19. The number of aliphatic hydroxyl groups is 1. The van der Waals surface area contributed by atoms with Crippen LogP contribution in [-0.2, 0) is 6.54 Å². The van der Waals surface area contributed by atoms with Crippen LogP contribution in [0.5, 0.6) is 0 Å². The van der Waals surface area contributed by atoms with Gasteiger partial charge in [0.2, 0.25) is 0 Å². The van der Waals surface area contributed by atoms with Gasteiger partial charge in [-0.1, -0.05) is 18.0 Å². The predicted molar refractivity (Wildman–Crippen MR) is 78.7 cm³/mol. The molecule has 0 amide bonds. The van der Waals surface area contributed by atoms with Crippen LogP contribution in [0.1, 0.15) is 36.8 Å². The van der Waals surface area contributed by atoms with Gasteiger partial charge in [0.1, 0.15) is 5.82 Å². The summed E-state index contributed by atoms with van der Waals surface area (Å²) in [6.45, 7) is 1.55. The molecule has 1 fully saturated rings. The summed E-state index contributed by atoms with van der Waals surface area (Å²) in [6, 6.07) is 4.53. The molecule has 5 nitrogen and oxygen atoms in total. The van der Waals surface area contributed by atoms with Gasteiger partial charge in [-0.05, 0) is 43.1 Å². The van der Waals surface area contributed by atoms with Crippen molar-refractivity contribution < 1.29 is 14.7 Å². The van der Waals surface area contributed by atoms with Gasteiger partial charge >= 0.3 is 0 Å². The van der Waals surface area contributed by atoms with Crippen LogP contribution in [0.25, 0.3) is 0 Å². The first-order chi connectivity index (χ1) is 10.1. The van der Waals surface area contributed by atoms with Crippen LogP contribution in [0.2, 0.25) is 0 Å². The fourth-order valence-corrected chi connectivity index (χ4v) is 2.83. The van der Waals surface area contributed by atoms with Gasteiger partial charge in [0.05, 0.1) is 6.61 Å². The lowest BCUT2D eigenvalue weighted by Crippen LogP contribution is -2.37. The van der Waals surface area contributed by atoms with Crippen molar-refractivity contribution in [1.29, 1.82) is 0 Å². The highest BCUT2D eigenvalue weighted by atomic mass is 19.1. The summed E-state index contributed by atoms with van der Waals surface area (Å²) in [5.41, 5.74) is 6.65. The Kier molecular flexibility index (Phi) is 5.52. The zero-order valence-electron chi connectivity index (χ0n) is 12.0. The van der Waals surface area contributed by atoms with Crippen LogP contribution in [0.3, 0.4) is 0 Å². The molecule has 1 unspecified atom stereocenters. The standard InChI is InChI=1S/C15H22FN3O2/c16-13-7-11(6-12(8-13)15(17)18-21)9-19-5-3-1-2-4-14(19)10-20/h6-8,14,20-21H,1-5,9-10H2,(H2,17,18). The Hall–Kier alpha value is -1.66. The highest BCUT2D eigenvalue weighted by Crippen LogP contribution is 2.20. The van der Waals surface area contributed by atoms with E-state index < -0.39 is 5.82 Å². The number of rotatable bonds is 4. The van der Waals surface area contributed by atoms with E-state index in [0.717, 1.165) is 37.8 Å². The van der Waals surface area contributed by atoms with E-state index in [1.165, 1.54) is 12.1 Å². The molecular weight excluding hydrogens is 273 g/mol. The number of nitrogens with zero attached hydrogens (tertiary/aromatic N) is 2.